The molecule has 0 saturated carbocycles. The van der Waals surface area contributed by atoms with Crippen LogP contribution in [0.5, 0.6) is 5.75 Å². The molecule has 0 spiro atoms. The number of nitrogens with zero attached hydrogens (tertiary/aromatic N) is 1. The van der Waals surface area contributed by atoms with Gasteiger partial charge in [-0.15, -0.1) is 0 Å². The lowest BCUT2D eigenvalue weighted by Crippen LogP contribution is -2.17. The summed E-state index contributed by atoms with van der Waals surface area (Å²) in [4.78, 5) is 24.2. The number of hydrogen-bond donors (Lipinski definition) is 1. The second-order valence-corrected chi connectivity index (χ2v) is 6.05. The second-order valence-electron chi connectivity index (χ2n) is 5.65. The standard InChI is InChI=1S/C18H19ClN2O5/c1-10(2)7-8-25-14-9-12(5-6-13(14)19)20-17(22)15-11(3)26-21-16(15)18(23)24-4/h5-7,9H,8H2,1-4H3,(H,20,22). The molecule has 1 N–H and O–H groups in total. The van der Waals surface area contributed by atoms with Crippen molar-refractivity contribution in [3.63, 3.8) is 0 Å². The van der Waals surface area contributed by atoms with Crippen molar-refractivity contribution in [2.24, 2.45) is 0 Å². The molecule has 0 fully saturated rings. The molecule has 2 rings (SSSR count). The Hall–Kier alpha value is -2.80. The number of benzene rings is 1. The Morgan fingerprint density at radius 3 is 2.73 bits per heavy atom. The van der Waals surface area contributed by atoms with Crippen molar-refractivity contribution < 1.29 is 23.6 Å². The molecule has 0 unspecified atom stereocenters. The van der Waals surface area contributed by atoms with Crippen molar-refractivity contribution in [2.75, 3.05) is 19.0 Å². The maximum atomic E-state index is 12.5. The fraction of sp³-hybridized carbons (Fsp3) is 0.278. The lowest BCUT2D eigenvalue weighted by Gasteiger charge is -2.10. The molecule has 1 aromatic carbocycles. The molecule has 0 radical (unpaired) electrons. The number of amides is 1. The number of hydrogen-bond acceptors (Lipinski definition) is 6. The third-order valence-corrected chi connectivity index (χ3v) is 3.70. The van der Waals surface area contributed by atoms with Gasteiger partial charge in [0.05, 0.1) is 12.1 Å². The molecule has 0 aliphatic carbocycles. The highest BCUT2D eigenvalue weighted by Crippen LogP contribution is 2.28. The van der Waals surface area contributed by atoms with E-state index in [0.717, 1.165) is 5.57 Å². The Balaban J connectivity index is 2.21. The number of rotatable bonds is 6. The van der Waals surface area contributed by atoms with Crippen molar-refractivity contribution in [2.45, 2.75) is 20.8 Å². The molecule has 1 amide bonds. The lowest BCUT2D eigenvalue weighted by atomic mass is 10.1. The minimum atomic E-state index is -0.756. The summed E-state index contributed by atoms with van der Waals surface area (Å²) in [6.45, 7) is 5.81. The molecule has 7 nitrogen and oxygen atoms in total. The lowest BCUT2D eigenvalue weighted by molar-refractivity contribution is 0.0586. The van der Waals surface area contributed by atoms with Crippen LogP contribution in [0.4, 0.5) is 5.69 Å². The molecule has 8 heteroatoms. The van der Waals surface area contributed by atoms with Crippen molar-refractivity contribution in [3.8, 4) is 5.75 Å². The van der Waals surface area contributed by atoms with Gasteiger partial charge in [0.1, 0.15) is 23.7 Å². The average molecular weight is 379 g/mol. The number of halogens is 1. The number of nitrogens with one attached hydrogen (secondary N) is 1. The maximum absolute atomic E-state index is 12.5. The topological polar surface area (TPSA) is 90.7 Å². The van der Waals surface area contributed by atoms with Crippen LogP contribution in [-0.4, -0.2) is 30.7 Å². The molecule has 0 bridgehead atoms. The minimum Gasteiger partial charge on any atom is -0.488 e. The average Bonchev–Trinajstić information content (AvgIpc) is 2.98. The first-order valence-corrected chi connectivity index (χ1v) is 8.13. The first-order chi connectivity index (χ1) is 12.3. The SMILES string of the molecule is COC(=O)c1noc(C)c1C(=O)Nc1ccc(Cl)c(OCC=C(C)C)c1. The minimum absolute atomic E-state index is 0.0128. The van der Waals surface area contributed by atoms with E-state index in [0.29, 0.717) is 23.1 Å². The van der Waals surface area contributed by atoms with Crippen LogP contribution in [0.2, 0.25) is 5.02 Å². The number of methoxy groups -OCH3 is 1. The molecule has 0 atom stereocenters. The molecular weight excluding hydrogens is 360 g/mol. The van der Waals surface area contributed by atoms with Crippen molar-refractivity contribution in [1.29, 1.82) is 0 Å². The van der Waals surface area contributed by atoms with Gasteiger partial charge >= 0.3 is 5.97 Å². The zero-order valence-electron chi connectivity index (χ0n) is 14.9. The quantitative estimate of drug-likeness (QED) is 0.603. The molecule has 1 heterocycles. The summed E-state index contributed by atoms with van der Waals surface area (Å²) in [5.74, 6) is -0.676. The van der Waals surface area contributed by atoms with Crippen molar-refractivity contribution in [1.82, 2.24) is 5.16 Å². The van der Waals surface area contributed by atoms with Crippen LogP contribution in [0.1, 0.15) is 40.5 Å². The predicted octanol–water partition coefficient (Wildman–Crippen LogP) is 4.02. The monoisotopic (exact) mass is 378 g/mol. The highest BCUT2D eigenvalue weighted by molar-refractivity contribution is 6.32. The van der Waals surface area contributed by atoms with E-state index < -0.39 is 11.9 Å². The van der Waals surface area contributed by atoms with Gasteiger partial charge in [0.25, 0.3) is 5.91 Å². The van der Waals surface area contributed by atoms with E-state index in [1.807, 2.05) is 19.9 Å². The van der Waals surface area contributed by atoms with Crippen LogP contribution in [0.15, 0.2) is 34.4 Å². The van der Waals surface area contributed by atoms with E-state index in [2.05, 4.69) is 15.2 Å². The van der Waals surface area contributed by atoms with E-state index in [1.165, 1.54) is 14.0 Å². The number of aryl methyl sites for hydroxylation is 1. The van der Waals surface area contributed by atoms with Crippen molar-refractivity contribution >= 4 is 29.2 Å². The van der Waals surface area contributed by atoms with Gasteiger partial charge in [-0.2, -0.15) is 0 Å². The number of carbonyl (C=O) groups is 2. The van der Waals surface area contributed by atoms with Gasteiger partial charge in [-0.3, -0.25) is 4.79 Å². The molecule has 0 aliphatic rings. The Bertz CT molecular complexity index is 853. The number of aromatic nitrogens is 1. The van der Waals surface area contributed by atoms with Crippen molar-refractivity contribution in [3.05, 3.63) is 51.9 Å². The van der Waals surface area contributed by atoms with Gasteiger partial charge in [-0.25, -0.2) is 4.79 Å². The molecule has 138 valence electrons. The normalized spacial score (nSPS) is 10.2. The number of anilines is 1. The molecule has 26 heavy (non-hydrogen) atoms. The zero-order valence-corrected chi connectivity index (χ0v) is 15.6. The van der Waals surface area contributed by atoms with Gasteiger partial charge in [0.15, 0.2) is 0 Å². The van der Waals surface area contributed by atoms with Crippen LogP contribution >= 0.6 is 11.6 Å². The first kappa shape index (κ1) is 19.5. The van der Waals surface area contributed by atoms with Gasteiger partial charge in [-0.05, 0) is 39.0 Å². The smallest absolute Gasteiger partial charge is 0.361 e. The summed E-state index contributed by atoms with van der Waals surface area (Å²) in [5, 5.41) is 6.66. The summed E-state index contributed by atoms with van der Waals surface area (Å²) in [7, 11) is 1.20. The summed E-state index contributed by atoms with van der Waals surface area (Å²) in [6, 6.07) is 4.82. The summed E-state index contributed by atoms with van der Waals surface area (Å²) in [6.07, 6.45) is 1.91. The van der Waals surface area contributed by atoms with Gasteiger partial charge < -0.3 is 19.3 Å². The Kier molecular flexibility index (Phi) is 6.41. The Labute approximate surface area is 155 Å². The van der Waals surface area contributed by atoms with Gasteiger partial charge in [0.2, 0.25) is 5.69 Å². The van der Waals surface area contributed by atoms with Gasteiger partial charge in [-0.1, -0.05) is 22.3 Å². The van der Waals surface area contributed by atoms with E-state index >= 15 is 0 Å². The molecular formula is C18H19ClN2O5. The molecule has 2 aromatic rings. The van der Waals surface area contributed by atoms with Gasteiger partial charge in [0, 0.05) is 11.8 Å². The summed E-state index contributed by atoms with van der Waals surface area (Å²) in [5.41, 5.74) is 1.39. The Morgan fingerprint density at radius 2 is 2.08 bits per heavy atom. The molecule has 0 saturated heterocycles. The van der Waals surface area contributed by atoms with Crippen LogP contribution in [0.25, 0.3) is 0 Å². The number of ether oxygens (including phenoxy) is 2. The number of carbonyl (C=O) groups excluding carboxylic acids is 2. The fourth-order valence-electron chi connectivity index (χ4n) is 2.06. The largest absolute Gasteiger partial charge is 0.488 e. The highest BCUT2D eigenvalue weighted by Gasteiger charge is 2.26. The molecule has 0 aliphatic heterocycles. The Morgan fingerprint density at radius 1 is 1.35 bits per heavy atom. The van der Waals surface area contributed by atoms with E-state index in [1.54, 1.807) is 18.2 Å². The van der Waals surface area contributed by atoms with Crippen LogP contribution < -0.4 is 10.1 Å². The second kappa shape index (κ2) is 8.53. The third kappa shape index (κ3) is 4.64. The van der Waals surface area contributed by atoms with E-state index in [9.17, 15) is 9.59 Å². The van der Waals surface area contributed by atoms with E-state index in [-0.39, 0.29) is 17.0 Å². The third-order valence-electron chi connectivity index (χ3n) is 3.39. The first-order valence-electron chi connectivity index (χ1n) is 7.75. The van der Waals surface area contributed by atoms with Crippen LogP contribution in [0, 0.1) is 6.92 Å². The fourth-order valence-corrected chi connectivity index (χ4v) is 2.23. The molecule has 1 aromatic heterocycles. The summed E-state index contributed by atoms with van der Waals surface area (Å²) < 4.78 is 15.1. The maximum Gasteiger partial charge on any atom is 0.361 e. The predicted molar refractivity (Wildman–Crippen MR) is 96.9 cm³/mol. The van der Waals surface area contributed by atoms with Crippen LogP contribution in [0.3, 0.4) is 0 Å². The number of allylic oxidation sites excluding steroid dienone is 1. The van der Waals surface area contributed by atoms with Crippen LogP contribution in [-0.2, 0) is 4.74 Å². The van der Waals surface area contributed by atoms with E-state index in [4.69, 9.17) is 20.9 Å². The highest BCUT2D eigenvalue weighted by atomic mass is 35.5. The summed E-state index contributed by atoms with van der Waals surface area (Å²) >= 11 is 6.11. The zero-order chi connectivity index (χ0) is 19.3. The number of esters is 1.